The van der Waals surface area contributed by atoms with Crippen molar-refractivity contribution >= 4 is 18.3 Å². The first kappa shape index (κ1) is 18.9. The van der Waals surface area contributed by atoms with Crippen LogP contribution in [-0.4, -0.2) is 31.6 Å². The third-order valence-corrected chi connectivity index (χ3v) is 3.87. The number of benzene rings is 1. The Morgan fingerprint density at radius 2 is 2.18 bits per heavy atom. The van der Waals surface area contributed by atoms with Gasteiger partial charge >= 0.3 is 0 Å². The van der Waals surface area contributed by atoms with E-state index in [1.807, 2.05) is 18.2 Å². The van der Waals surface area contributed by atoms with Crippen molar-refractivity contribution in [2.45, 2.75) is 44.8 Å². The van der Waals surface area contributed by atoms with Crippen molar-refractivity contribution in [2.24, 2.45) is 0 Å². The van der Waals surface area contributed by atoms with Crippen LogP contribution in [0.5, 0.6) is 0 Å². The van der Waals surface area contributed by atoms with Crippen LogP contribution in [0.3, 0.4) is 0 Å². The molecule has 4 nitrogen and oxygen atoms in total. The molecule has 1 aliphatic heterocycles. The van der Waals surface area contributed by atoms with Gasteiger partial charge in [0, 0.05) is 25.6 Å². The molecule has 1 aliphatic rings. The Labute approximate surface area is 139 Å². The summed E-state index contributed by atoms with van der Waals surface area (Å²) >= 11 is 0. The highest BCUT2D eigenvalue weighted by Gasteiger charge is 2.17. The topological polar surface area (TPSA) is 50.4 Å². The molecule has 22 heavy (non-hydrogen) atoms. The Morgan fingerprint density at radius 3 is 2.86 bits per heavy atom. The maximum Gasteiger partial charge on any atom is 0.221 e. The van der Waals surface area contributed by atoms with Gasteiger partial charge in [0.05, 0.1) is 6.10 Å². The first-order valence-electron chi connectivity index (χ1n) is 7.92. The van der Waals surface area contributed by atoms with Crippen molar-refractivity contribution in [3.63, 3.8) is 0 Å². The lowest BCUT2D eigenvalue weighted by Crippen LogP contribution is -2.32. The number of rotatable bonds is 8. The minimum Gasteiger partial charge on any atom is -0.374 e. The Bertz CT molecular complexity index is 422. The summed E-state index contributed by atoms with van der Waals surface area (Å²) < 4.78 is 5.78. The molecule has 1 aromatic rings. The maximum atomic E-state index is 11.7. The first-order valence-corrected chi connectivity index (χ1v) is 7.92. The van der Waals surface area contributed by atoms with Crippen LogP contribution in [-0.2, 0) is 9.53 Å². The van der Waals surface area contributed by atoms with Gasteiger partial charge in [0.15, 0.2) is 0 Å². The molecule has 0 aromatic heterocycles. The Morgan fingerprint density at radius 1 is 1.41 bits per heavy atom. The molecule has 0 spiro atoms. The molecular formula is C17H27ClN2O2. The molecule has 0 radical (unpaired) electrons. The van der Waals surface area contributed by atoms with Crippen molar-refractivity contribution in [3.05, 3.63) is 35.9 Å². The second-order valence-corrected chi connectivity index (χ2v) is 5.62. The van der Waals surface area contributed by atoms with Crippen LogP contribution in [0.15, 0.2) is 30.3 Å². The average molecular weight is 327 g/mol. The van der Waals surface area contributed by atoms with E-state index in [1.165, 1.54) is 12.0 Å². The summed E-state index contributed by atoms with van der Waals surface area (Å²) in [5.41, 5.74) is 1.19. The number of amides is 1. The summed E-state index contributed by atoms with van der Waals surface area (Å²) in [5.74, 6) is 0.144. The van der Waals surface area contributed by atoms with E-state index in [0.717, 1.165) is 19.4 Å². The third-order valence-electron chi connectivity index (χ3n) is 3.87. The molecule has 0 bridgehead atoms. The molecule has 1 amide bonds. The van der Waals surface area contributed by atoms with Gasteiger partial charge in [-0.05, 0) is 38.3 Å². The van der Waals surface area contributed by atoms with Crippen LogP contribution < -0.4 is 10.6 Å². The van der Waals surface area contributed by atoms with E-state index in [-0.39, 0.29) is 24.4 Å². The van der Waals surface area contributed by atoms with Crippen molar-refractivity contribution in [2.75, 3.05) is 19.7 Å². The molecule has 2 unspecified atom stereocenters. The minimum absolute atomic E-state index is 0. The molecule has 0 aliphatic carbocycles. The highest BCUT2D eigenvalue weighted by Crippen LogP contribution is 2.15. The van der Waals surface area contributed by atoms with Gasteiger partial charge in [-0.25, -0.2) is 0 Å². The van der Waals surface area contributed by atoms with Gasteiger partial charge in [0.1, 0.15) is 0 Å². The Kier molecular flexibility index (Phi) is 9.13. The highest BCUT2D eigenvalue weighted by molar-refractivity contribution is 5.85. The van der Waals surface area contributed by atoms with Gasteiger partial charge in [-0.3, -0.25) is 4.79 Å². The SMILES string of the molecule is CC(OCCCNC(=O)CC1CCCN1)c1ccccc1.Cl. The average Bonchev–Trinajstić information content (AvgIpc) is 3.00. The Balaban J connectivity index is 0.00000242. The van der Waals surface area contributed by atoms with Gasteiger partial charge in [-0.15, -0.1) is 12.4 Å². The molecule has 124 valence electrons. The lowest BCUT2D eigenvalue weighted by Gasteiger charge is -2.14. The summed E-state index contributed by atoms with van der Waals surface area (Å²) in [6.07, 6.45) is 3.85. The number of nitrogens with one attached hydrogen (secondary N) is 2. The normalized spacial score (nSPS) is 18.5. The van der Waals surface area contributed by atoms with E-state index in [4.69, 9.17) is 4.74 Å². The molecule has 2 N–H and O–H groups in total. The maximum absolute atomic E-state index is 11.7. The molecule has 2 atom stereocenters. The highest BCUT2D eigenvalue weighted by atomic mass is 35.5. The smallest absolute Gasteiger partial charge is 0.221 e. The Hall–Kier alpha value is -1.10. The lowest BCUT2D eigenvalue weighted by atomic mass is 10.1. The number of hydrogen-bond acceptors (Lipinski definition) is 3. The molecule has 5 heteroatoms. The number of halogens is 1. The lowest BCUT2D eigenvalue weighted by molar-refractivity contribution is -0.121. The van der Waals surface area contributed by atoms with Crippen molar-refractivity contribution in [3.8, 4) is 0 Å². The van der Waals surface area contributed by atoms with Crippen molar-refractivity contribution in [1.82, 2.24) is 10.6 Å². The molecular weight excluding hydrogens is 300 g/mol. The van der Waals surface area contributed by atoms with E-state index < -0.39 is 0 Å². The summed E-state index contributed by atoms with van der Waals surface area (Å²) in [4.78, 5) is 11.7. The van der Waals surface area contributed by atoms with Crippen LogP contribution in [0.2, 0.25) is 0 Å². The fourth-order valence-electron chi connectivity index (χ4n) is 2.61. The van der Waals surface area contributed by atoms with Gasteiger partial charge < -0.3 is 15.4 Å². The summed E-state index contributed by atoms with van der Waals surface area (Å²) in [6.45, 7) is 4.45. The van der Waals surface area contributed by atoms with Crippen LogP contribution in [0.1, 0.15) is 44.3 Å². The van der Waals surface area contributed by atoms with Gasteiger partial charge in [0.2, 0.25) is 5.91 Å². The fourth-order valence-corrected chi connectivity index (χ4v) is 2.61. The molecule has 2 rings (SSSR count). The number of ether oxygens (including phenoxy) is 1. The molecule has 1 fully saturated rings. The summed E-state index contributed by atoms with van der Waals surface area (Å²) in [5, 5.41) is 6.30. The van der Waals surface area contributed by atoms with Crippen LogP contribution in [0.25, 0.3) is 0 Å². The number of carbonyl (C=O) groups is 1. The quantitative estimate of drug-likeness (QED) is 0.722. The fraction of sp³-hybridized carbons (Fsp3) is 0.588. The first-order chi connectivity index (χ1) is 10.3. The summed E-state index contributed by atoms with van der Waals surface area (Å²) in [6, 6.07) is 10.6. The van der Waals surface area contributed by atoms with Gasteiger partial charge in [-0.2, -0.15) is 0 Å². The zero-order valence-electron chi connectivity index (χ0n) is 13.2. The van der Waals surface area contributed by atoms with Gasteiger partial charge in [-0.1, -0.05) is 30.3 Å². The zero-order chi connectivity index (χ0) is 14.9. The van der Waals surface area contributed by atoms with E-state index in [0.29, 0.717) is 25.6 Å². The largest absolute Gasteiger partial charge is 0.374 e. The van der Waals surface area contributed by atoms with Crippen LogP contribution in [0.4, 0.5) is 0 Å². The van der Waals surface area contributed by atoms with Crippen molar-refractivity contribution < 1.29 is 9.53 Å². The summed E-state index contributed by atoms with van der Waals surface area (Å²) in [7, 11) is 0. The predicted molar refractivity (Wildman–Crippen MR) is 91.3 cm³/mol. The zero-order valence-corrected chi connectivity index (χ0v) is 14.0. The molecule has 1 heterocycles. The van der Waals surface area contributed by atoms with Crippen molar-refractivity contribution in [1.29, 1.82) is 0 Å². The van der Waals surface area contributed by atoms with Crippen LogP contribution in [0, 0.1) is 0 Å². The van der Waals surface area contributed by atoms with E-state index >= 15 is 0 Å². The second-order valence-electron chi connectivity index (χ2n) is 5.62. The molecule has 1 aromatic carbocycles. The van der Waals surface area contributed by atoms with E-state index in [1.54, 1.807) is 0 Å². The van der Waals surface area contributed by atoms with E-state index in [9.17, 15) is 4.79 Å². The predicted octanol–water partition coefficient (Wildman–Crippen LogP) is 2.83. The number of hydrogen-bond donors (Lipinski definition) is 2. The third kappa shape index (κ3) is 6.77. The standard InChI is InChI=1S/C17H26N2O2.ClH/c1-14(15-7-3-2-4-8-15)21-12-6-11-19-17(20)13-16-9-5-10-18-16;/h2-4,7-8,14,16,18H,5-6,9-13H2,1H3,(H,19,20);1H. The molecule has 0 saturated carbocycles. The second kappa shape index (κ2) is 10.6. The molecule has 1 saturated heterocycles. The minimum atomic E-state index is 0. The number of carbonyl (C=O) groups excluding carboxylic acids is 1. The van der Waals surface area contributed by atoms with Crippen LogP contribution >= 0.6 is 12.4 Å². The van der Waals surface area contributed by atoms with Gasteiger partial charge in [0.25, 0.3) is 0 Å². The van der Waals surface area contributed by atoms with E-state index in [2.05, 4.69) is 29.7 Å². The monoisotopic (exact) mass is 326 g/mol.